The zero-order valence-electron chi connectivity index (χ0n) is 8.95. The normalized spacial score (nSPS) is 9.76. The van der Waals surface area contributed by atoms with Gasteiger partial charge in [0.05, 0.1) is 11.5 Å². The lowest BCUT2D eigenvalue weighted by Gasteiger charge is -2.16. The van der Waals surface area contributed by atoms with E-state index in [1.807, 2.05) is 0 Å². The van der Waals surface area contributed by atoms with E-state index in [1.165, 1.54) is 11.9 Å². The van der Waals surface area contributed by atoms with Gasteiger partial charge in [0.2, 0.25) is 17.5 Å². The average Bonchev–Trinajstić information content (AvgIpc) is 2.26. The molecule has 1 heterocycles. The average molecular weight is 241 g/mol. The quantitative estimate of drug-likeness (QED) is 0.323. The van der Waals surface area contributed by atoms with E-state index in [4.69, 9.17) is 11.6 Å². The third kappa shape index (κ3) is 2.75. The standard InChI is InChI=1S/C7H11N7O3/c1-13(2-4(8)15)7-5(14(16)17)6(12-9)10-3-11-7/h3H,2,9H2,1H3,(H2,8,15)(H,10,11,12). The maximum Gasteiger partial charge on any atom is 0.354 e. The Bertz CT molecular complexity index is 449. The van der Waals surface area contributed by atoms with Crippen LogP contribution < -0.4 is 21.9 Å². The van der Waals surface area contributed by atoms with Crippen LogP contribution in [0.5, 0.6) is 0 Å². The van der Waals surface area contributed by atoms with Crippen molar-refractivity contribution in [1.29, 1.82) is 0 Å². The predicted molar refractivity (Wildman–Crippen MR) is 59.0 cm³/mol. The highest BCUT2D eigenvalue weighted by Gasteiger charge is 2.25. The van der Waals surface area contributed by atoms with Crippen LogP contribution in [-0.4, -0.2) is 34.4 Å². The number of nitrogens with one attached hydrogen (secondary N) is 1. The summed E-state index contributed by atoms with van der Waals surface area (Å²) in [5.41, 5.74) is 6.67. The summed E-state index contributed by atoms with van der Waals surface area (Å²) < 4.78 is 0. The van der Waals surface area contributed by atoms with Crippen molar-refractivity contribution in [2.75, 3.05) is 23.9 Å². The molecule has 0 spiro atoms. The maximum atomic E-state index is 10.9. The van der Waals surface area contributed by atoms with Gasteiger partial charge in [-0.3, -0.25) is 14.9 Å². The van der Waals surface area contributed by atoms with Crippen molar-refractivity contribution in [2.24, 2.45) is 11.6 Å². The second-order valence-corrected chi connectivity index (χ2v) is 3.12. The molecule has 0 aliphatic carbocycles. The van der Waals surface area contributed by atoms with Crippen LogP contribution in [0.2, 0.25) is 0 Å². The van der Waals surface area contributed by atoms with Crippen LogP contribution in [0.25, 0.3) is 0 Å². The van der Waals surface area contributed by atoms with Crippen LogP contribution in [-0.2, 0) is 4.79 Å². The van der Waals surface area contributed by atoms with Gasteiger partial charge < -0.3 is 16.1 Å². The Morgan fingerprint density at radius 2 is 2.29 bits per heavy atom. The molecule has 0 aromatic carbocycles. The van der Waals surface area contributed by atoms with E-state index in [9.17, 15) is 14.9 Å². The molecule has 92 valence electrons. The minimum absolute atomic E-state index is 0.0447. The van der Waals surface area contributed by atoms with Crippen LogP contribution in [0.4, 0.5) is 17.3 Å². The van der Waals surface area contributed by atoms with E-state index in [0.29, 0.717) is 0 Å². The minimum atomic E-state index is -0.692. The first kappa shape index (κ1) is 12.6. The topological polar surface area (TPSA) is 153 Å². The molecule has 0 saturated carbocycles. The van der Waals surface area contributed by atoms with Crippen molar-refractivity contribution in [1.82, 2.24) is 9.97 Å². The Morgan fingerprint density at radius 1 is 1.65 bits per heavy atom. The monoisotopic (exact) mass is 241 g/mol. The Labute approximate surface area is 95.7 Å². The summed E-state index contributed by atoms with van der Waals surface area (Å²) in [5.74, 6) is 4.28. The van der Waals surface area contributed by atoms with Crippen LogP contribution >= 0.6 is 0 Å². The summed E-state index contributed by atoms with van der Waals surface area (Å²) in [6, 6.07) is 0. The van der Waals surface area contributed by atoms with Gasteiger partial charge in [0.1, 0.15) is 6.33 Å². The number of carbonyl (C=O) groups is 1. The van der Waals surface area contributed by atoms with Crippen molar-refractivity contribution in [3.63, 3.8) is 0 Å². The molecule has 1 amide bonds. The SMILES string of the molecule is CN(CC(N)=O)c1ncnc(NN)c1[N+](=O)[O-]. The van der Waals surface area contributed by atoms with Gasteiger partial charge in [-0.2, -0.15) is 0 Å². The largest absolute Gasteiger partial charge is 0.368 e. The van der Waals surface area contributed by atoms with Gasteiger partial charge in [0.25, 0.3) is 0 Å². The first-order chi connectivity index (χ1) is 7.97. The fraction of sp³-hybridized carbons (Fsp3) is 0.286. The molecule has 1 aromatic heterocycles. The van der Waals surface area contributed by atoms with Crippen LogP contribution in [0.1, 0.15) is 0 Å². The fourth-order valence-corrected chi connectivity index (χ4v) is 1.23. The van der Waals surface area contributed by atoms with Crippen LogP contribution in [0.15, 0.2) is 6.33 Å². The Balaban J connectivity index is 3.22. The summed E-state index contributed by atoms with van der Waals surface area (Å²) in [6.07, 6.45) is 1.09. The molecule has 0 atom stereocenters. The predicted octanol–water partition coefficient (Wildman–Crippen LogP) is -1.41. The van der Waals surface area contributed by atoms with E-state index in [1.54, 1.807) is 0 Å². The number of hydrazine groups is 1. The number of anilines is 2. The summed E-state index contributed by atoms with van der Waals surface area (Å²) in [4.78, 5) is 29.5. The summed E-state index contributed by atoms with van der Waals surface area (Å²) in [5, 5.41) is 10.9. The Hall–Kier alpha value is -2.49. The smallest absolute Gasteiger partial charge is 0.354 e. The Kier molecular flexibility index (Phi) is 3.72. The number of likely N-dealkylation sites (N-methyl/N-ethyl adjacent to an activating group) is 1. The molecule has 0 fully saturated rings. The highest BCUT2D eigenvalue weighted by atomic mass is 16.6. The molecule has 0 unspecified atom stereocenters. The van der Waals surface area contributed by atoms with Crippen molar-refractivity contribution >= 4 is 23.2 Å². The van der Waals surface area contributed by atoms with Gasteiger partial charge in [-0.05, 0) is 0 Å². The number of nitro groups is 1. The Morgan fingerprint density at radius 3 is 2.76 bits per heavy atom. The number of nitrogens with zero attached hydrogens (tertiary/aromatic N) is 4. The molecule has 5 N–H and O–H groups in total. The van der Waals surface area contributed by atoms with Gasteiger partial charge in [-0.1, -0.05) is 0 Å². The second-order valence-electron chi connectivity index (χ2n) is 3.12. The van der Waals surface area contributed by atoms with E-state index in [2.05, 4.69) is 15.4 Å². The number of hydrogen-bond donors (Lipinski definition) is 3. The van der Waals surface area contributed by atoms with E-state index in [0.717, 1.165) is 6.33 Å². The molecule has 0 aliphatic heterocycles. The molecule has 0 aliphatic rings. The lowest BCUT2D eigenvalue weighted by atomic mass is 10.4. The first-order valence-corrected chi connectivity index (χ1v) is 4.42. The number of hydrogen-bond acceptors (Lipinski definition) is 8. The number of nitrogen functional groups attached to an aromatic ring is 1. The van der Waals surface area contributed by atoms with Gasteiger partial charge in [-0.15, -0.1) is 0 Å². The number of amides is 1. The molecule has 0 radical (unpaired) electrons. The van der Waals surface area contributed by atoms with Gasteiger partial charge in [0.15, 0.2) is 0 Å². The molecule has 10 heteroatoms. The molecular weight excluding hydrogens is 230 g/mol. The number of primary amides is 1. The fourth-order valence-electron chi connectivity index (χ4n) is 1.23. The summed E-state index contributed by atoms with van der Waals surface area (Å²) in [7, 11) is 1.44. The van der Waals surface area contributed by atoms with E-state index in [-0.39, 0.29) is 18.2 Å². The first-order valence-electron chi connectivity index (χ1n) is 4.42. The second kappa shape index (κ2) is 5.03. The van der Waals surface area contributed by atoms with Crippen LogP contribution in [0, 0.1) is 10.1 Å². The van der Waals surface area contributed by atoms with Gasteiger partial charge in [-0.25, -0.2) is 15.8 Å². The van der Waals surface area contributed by atoms with Gasteiger partial charge >= 0.3 is 5.69 Å². The van der Waals surface area contributed by atoms with Crippen LogP contribution in [0.3, 0.4) is 0 Å². The number of rotatable bonds is 5. The highest BCUT2D eigenvalue weighted by molar-refractivity contribution is 5.81. The van der Waals surface area contributed by atoms with Crippen molar-refractivity contribution < 1.29 is 9.72 Å². The third-order valence-electron chi connectivity index (χ3n) is 1.88. The summed E-state index contributed by atoms with van der Waals surface area (Å²) >= 11 is 0. The highest BCUT2D eigenvalue weighted by Crippen LogP contribution is 2.29. The summed E-state index contributed by atoms with van der Waals surface area (Å²) in [6.45, 7) is -0.206. The van der Waals surface area contributed by atoms with E-state index >= 15 is 0 Å². The minimum Gasteiger partial charge on any atom is -0.368 e. The van der Waals surface area contributed by atoms with Gasteiger partial charge in [0, 0.05) is 7.05 Å². The zero-order valence-corrected chi connectivity index (χ0v) is 8.95. The van der Waals surface area contributed by atoms with Crippen molar-refractivity contribution in [3.8, 4) is 0 Å². The lowest BCUT2D eigenvalue weighted by Crippen LogP contribution is -2.31. The molecule has 1 rings (SSSR count). The number of aromatic nitrogens is 2. The lowest BCUT2D eigenvalue weighted by molar-refractivity contribution is -0.383. The van der Waals surface area contributed by atoms with E-state index < -0.39 is 16.5 Å². The molecule has 1 aromatic rings. The molecule has 17 heavy (non-hydrogen) atoms. The molecule has 0 saturated heterocycles. The molecule has 10 nitrogen and oxygen atoms in total. The number of nitrogens with two attached hydrogens (primary N) is 2. The molecule has 0 bridgehead atoms. The zero-order chi connectivity index (χ0) is 13.0. The maximum absolute atomic E-state index is 10.9. The van der Waals surface area contributed by atoms with Crippen molar-refractivity contribution in [2.45, 2.75) is 0 Å². The van der Waals surface area contributed by atoms with Crippen molar-refractivity contribution in [3.05, 3.63) is 16.4 Å². The molecular formula is C7H11N7O3. The number of carbonyl (C=O) groups excluding carboxylic acids is 1. The third-order valence-corrected chi connectivity index (χ3v) is 1.88.